The predicted octanol–water partition coefficient (Wildman–Crippen LogP) is -1.85. The predicted molar refractivity (Wildman–Crippen MR) is 86.6 cm³/mol. The Morgan fingerprint density at radius 1 is 1.28 bits per heavy atom. The van der Waals surface area contributed by atoms with Gasteiger partial charge in [-0.05, 0) is 12.7 Å². The molecule has 0 radical (unpaired) electrons. The second kappa shape index (κ2) is 7.51. The highest BCUT2D eigenvalue weighted by atomic mass is 32.2. The van der Waals surface area contributed by atoms with Crippen LogP contribution >= 0.6 is 11.8 Å². The third-order valence-electron chi connectivity index (χ3n) is 3.87. The van der Waals surface area contributed by atoms with E-state index in [0.29, 0.717) is 6.42 Å². The monoisotopic (exact) mass is 370 g/mol. The second-order valence-electron chi connectivity index (χ2n) is 5.30. The fourth-order valence-electron chi connectivity index (χ4n) is 2.84. The Morgan fingerprint density at radius 3 is 2.48 bits per heavy atom. The third kappa shape index (κ3) is 3.43. The first kappa shape index (κ1) is 18.7. The standard InChI is InChI=1S/C13H18N6O5S/c1-24-13(23)9-6(3-4-18(9)7(20)5-25-2)19-10(12(15)22)8(11(14)21)16-17-19/h6,9H,3-5H2,1-2H3,(H2,14,21)(H2,15,22). The van der Waals surface area contributed by atoms with E-state index in [0.717, 1.165) is 4.68 Å². The maximum Gasteiger partial charge on any atom is 0.330 e. The van der Waals surface area contributed by atoms with Crippen LogP contribution in [0.1, 0.15) is 33.4 Å². The molecule has 1 aromatic heterocycles. The number of aromatic nitrogens is 3. The second-order valence-corrected chi connectivity index (χ2v) is 6.17. The van der Waals surface area contributed by atoms with E-state index in [1.807, 2.05) is 0 Å². The molecule has 2 unspecified atom stereocenters. The van der Waals surface area contributed by atoms with Gasteiger partial charge in [0.15, 0.2) is 17.4 Å². The van der Waals surface area contributed by atoms with Crippen molar-refractivity contribution in [2.75, 3.05) is 25.7 Å². The van der Waals surface area contributed by atoms with Gasteiger partial charge in [-0.15, -0.1) is 5.10 Å². The number of esters is 1. The van der Waals surface area contributed by atoms with Crippen molar-refractivity contribution in [3.63, 3.8) is 0 Å². The van der Waals surface area contributed by atoms with Crippen LogP contribution in [0.15, 0.2) is 0 Å². The smallest absolute Gasteiger partial charge is 0.330 e. The average molecular weight is 370 g/mol. The van der Waals surface area contributed by atoms with Crippen LogP contribution in [0.25, 0.3) is 0 Å². The third-order valence-corrected chi connectivity index (χ3v) is 4.41. The maximum absolute atomic E-state index is 12.3. The molecule has 0 aliphatic carbocycles. The van der Waals surface area contributed by atoms with Gasteiger partial charge in [-0.2, -0.15) is 11.8 Å². The van der Waals surface area contributed by atoms with E-state index in [4.69, 9.17) is 16.2 Å². The number of hydrogen-bond donors (Lipinski definition) is 2. The molecule has 1 saturated heterocycles. The number of thioether (sulfide) groups is 1. The van der Waals surface area contributed by atoms with Gasteiger partial charge in [-0.3, -0.25) is 14.4 Å². The molecule has 0 saturated carbocycles. The van der Waals surface area contributed by atoms with Gasteiger partial charge in [0.2, 0.25) is 5.91 Å². The number of hydrogen-bond acceptors (Lipinski definition) is 8. The first-order chi connectivity index (χ1) is 11.8. The van der Waals surface area contributed by atoms with Gasteiger partial charge in [-0.1, -0.05) is 5.21 Å². The van der Waals surface area contributed by atoms with Gasteiger partial charge in [-0.25, -0.2) is 9.48 Å². The zero-order valence-corrected chi connectivity index (χ0v) is 14.5. The van der Waals surface area contributed by atoms with Crippen molar-refractivity contribution in [1.82, 2.24) is 19.9 Å². The van der Waals surface area contributed by atoms with Crippen LogP contribution < -0.4 is 11.5 Å². The normalized spacial score (nSPS) is 19.7. The lowest BCUT2D eigenvalue weighted by Crippen LogP contribution is -2.45. The number of likely N-dealkylation sites (tertiary alicyclic amines) is 1. The minimum Gasteiger partial charge on any atom is -0.467 e. The zero-order chi connectivity index (χ0) is 18.7. The van der Waals surface area contributed by atoms with E-state index < -0.39 is 29.9 Å². The van der Waals surface area contributed by atoms with E-state index in [9.17, 15) is 19.2 Å². The molecule has 2 rings (SSSR count). The first-order valence-electron chi connectivity index (χ1n) is 7.24. The first-order valence-corrected chi connectivity index (χ1v) is 8.63. The van der Waals surface area contributed by atoms with Crippen LogP contribution in [-0.4, -0.2) is 75.3 Å². The van der Waals surface area contributed by atoms with Crippen molar-refractivity contribution in [3.05, 3.63) is 11.4 Å². The summed E-state index contributed by atoms with van der Waals surface area (Å²) < 4.78 is 5.87. The molecule has 3 amide bonds. The summed E-state index contributed by atoms with van der Waals surface area (Å²) in [6.45, 7) is 0.258. The lowest BCUT2D eigenvalue weighted by molar-refractivity contribution is -0.151. The van der Waals surface area contributed by atoms with Gasteiger partial charge in [0.05, 0.1) is 18.9 Å². The molecule has 12 heteroatoms. The highest BCUT2D eigenvalue weighted by Gasteiger charge is 2.45. The summed E-state index contributed by atoms with van der Waals surface area (Å²) in [6.07, 6.45) is 2.07. The van der Waals surface area contributed by atoms with Gasteiger partial charge in [0, 0.05) is 6.54 Å². The number of ether oxygens (including phenoxy) is 1. The fourth-order valence-corrected chi connectivity index (χ4v) is 3.26. The zero-order valence-electron chi connectivity index (χ0n) is 13.7. The van der Waals surface area contributed by atoms with Gasteiger partial charge in [0.1, 0.15) is 0 Å². The minimum absolute atomic E-state index is 0.187. The van der Waals surface area contributed by atoms with Crippen LogP contribution in [0.4, 0.5) is 0 Å². The Hall–Kier alpha value is -2.63. The van der Waals surface area contributed by atoms with E-state index in [2.05, 4.69) is 10.3 Å². The molecule has 4 N–H and O–H groups in total. The van der Waals surface area contributed by atoms with Crippen molar-refractivity contribution < 1.29 is 23.9 Å². The van der Waals surface area contributed by atoms with E-state index in [1.54, 1.807) is 6.26 Å². The maximum atomic E-state index is 12.3. The molecule has 1 aliphatic heterocycles. The lowest BCUT2D eigenvalue weighted by Gasteiger charge is -2.26. The summed E-state index contributed by atoms with van der Waals surface area (Å²) in [7, 11) is 1.19. The number of rotatable bonds is 6. The molecule has 1 fully saturated rings. The molecule has 0 spiro atoms. The summed E-state index contributed by atoms with van der Waals surface area (Å²) in [5, 5.41) is 7.35. The highest BCUT2D eigenvalue weighted by Crippen LogP contribution is 2.31. The fraction of sp³-hybridized carbons (Fsp3) is 0.538. The van der Waals surface area contributed by atoms with Crippen molar-refractivity contribution in [2.45, 2.75) is 18.5 Å². The topological polar surface area (TPSA) is 164 Å². The molecular formula is C13H18N6O5S. The molecule has 136 valence electrons. The van der Waals surface area contributed by atoms with Crippen LogP contribution in [0.3, 0.4) is 0 Å². The minimum atomic E-state index is -1.01. The number of methoxy groups -OCH3 is 1. The largest absolute Gasteiger partial charge is 0.467 e. The van der Waals surface area contributed by atoms with Crippen molar-refractivity contribution in [1.29, 1.82) is 0 Å². The molecule has 11 nitrogen and oxygen atoms in total. The molecule has 1 aromatic rings. The Bertz CT molecular complexity index is 720. The number of amides is 3. The molecule has 2 heterocycles. The van der Waals surface area contributed by atoms with Crippen molar-refractivity contribution >= 4 is 35.5 Å². The SMILES string of the molecule is COC(=O)C1C(n2nnc(C(N)=O)c2C(N)=O)CCN1C(=O)CSC. The molecule has 0 aromatic carbocycles. The Kier molecular flexibility index (Phi) is 5.62. The summed E-state index contributed by atoms with van der Waals surface area (Å²) in [4.78, 5) is 49.0. The number of carbonyl (C=O) groups excluding carboxylic acids is 4. The highest BCUT2D eigenvalue weighted by molar-refractivity contribution is 7.99. The van der Waals surface area contributed by atoms with Crippen LogP contribution in [-0.2, 0) is 14.3 Å². The van der Waals surface area contributed by atoms with E-state index >= 15 is 0 Å². The van der Waals surface area contributed by atoms with Crippen LogP contribution in [0, 0.1) is 0 Å². The van der Waals surface area contributed by atoms with Crippen LogP contribution in [0.5, 0.6) is 0 Å². The van der Waals surface area contributed by atoms with Crippen molar-refractivity contribution in [3.8, 4) is 0 Å². The number of primary amides is 2. The number of carbonyl (C=O) groups is 4. The molecule has 1 aliphatic rings. The Labute approximate surface area is 147 Å². The molecule has 0 bridgehead atoms. The Morgan fingerprint density at radius 2 is 1.96 bits per heavy atom. The quantitative estimate of drug-likeness (QED) is 0.551. The molecular weight excluding hydrogens is 352 g/mol. The Balaban J connectivity index is 2.47. The summed E-state index contributed by atoms with van der Waals surface area (Å²) in [5.41, 5.74) is 9.81. The molecule has 2 atom stereocenters. The van der Waals surface area contributed by atoms with Gasteiger partial charge >= 0.3 is 5.97 Å². The summed E-state index contributed by atoms with van der Waals surface area (Å²) >= 11 is 1.32. The molecule has 25 heavy (non-hydrogen) atoms. The lowest BCUT2D eigenvalue weighted by atomic mass is 10.1. The van der Waals surface area contributed by atoms with Gasteiger partial charge < -0.3 is 21.1 Å². The summed E-state index contributed by atoms with van der Waals surface area (Å²) in [5.74, 6) is -2.66. The van der Waals surface area contributed by atoms with E-state index in [-0.39, 0.29) is 29.6 Å². The van der Waals surface area contributed by atoms with Crippen LogP contribution in [0.2, 0.25) is 0 Å². The summed E-state index contributed by atoms with van der Waals surface area (Å²) in [6, 6.07) is -1.76. The van der Waals surface area contributed by atoms with Gasteiger partial charge in [0.25, 0.3) is 11.8 Å². The van der Waals surface area contributed by atoms with Crippen molar-refractivity contribution in [2.24, 2.45) is 11.5 Å². The van der Waals surface area contributed by atoms with E-state index in [1.165, 1.54) is 23.8 Å². The average Bonchev–Trinajstić information content (AvgIpc) is 3.17. The number of nitrogens with zero attached hydrogens (tertiary/aromatic N) is 4. The number of nitrogens with two attached hydrogens (primary N) is 2.